The van der Waals surface area contributed by atoms with Gasteiger partial charge in [0.25, 0.3) is 11.5 Å². The quantitative estimate of drug-likeness (QED) is 0.397. The Hall–Kier alpha value is -4.17. The minimum absolute atomic E-state index is 0.208. The third-order valence-corrected chi connectivity index (χ3v) is 6.46. The number of carbonyl (C=O) groups is 2. The molecule has 0 atom stereocenters. The predicted octanol–water partition coefficient (Wildman–Crippen LogP) is 4.76. The van der Waals surface area contributed by atoms with Crippen molar-refractivity contribution < 1.29 is 9.59 Å². The summed E-state index contributed by atoms with van der Waals surface area (Å²) >= 11 is 1.56. The molecule has 4 aromatic rings. The third-order valence-electron chi connectivity index (χ3n) is 5.47. The summed E-state index contributed by atoms with van der Waals surface area (Å²) in [6.45, 7) is 3.76. The molecule has 8 heteroatoms. The summed E-state index contributed by atoms with van der Waals surface area (Å²) in [6, 6.07) is 17.8. The van der Waals surface area contributed by atoms with Gasteiger partial charge in [-0.1, -0.05) is 24.3 Å². The summed E-state index contributed by atoms with van der Waals surface area (Å²) in [5.74, 6) is -0.734. The first-order valence-electron chi connectivity index (χ1n) is 10.6. The van der Waals surface area contributed by atoms with E-state index in [0.717, 1.165) is 10.4 Å². The standard InChI is InChI=1S/C26H24N4O3S/c1-17-14-15-34-22(17)12-13-23(31)27-20-9-7-8-19(16-20)25(32)28-24-18(2)29(3)30(26(24)33)21-10-5-4-6-11-21/h4-16H,1-3H3,(H,27,31)(H,28,32)/b13-12+. The van der Waals surface area contributed by atoms with E-state index >= 15 is 0 Å². The van der Waals surface area contributed by atoms with Crippen molar-refractivity contribution in [3.8, 4) is 5.69 Å². The van der Waals surface area contributed by atoms with E-state index in [4.69, 9.17) is 0 Å². The van der Waals surface area contributed by atoms with Crippen LogP contribution in [0, 0.1) is 13.8 Å². The lowest BCUT2D eigenvalue weighted by molar-refractivity contribution is -0.111. The maximum absolute atomic E-state index is 13.0. The molecule has 4 rings (SSSR count). The fraction of sp³-hybridized carbons (Fsp3) is 0.115. The number of thiophene rings is 1. The SMILES string of the molecule is Cc1ccsc1/C=C/C(=O)Nc1cccc(C(=O)Nc2c(C)n(C)n(-c3ccccc3)c2=O)c1. The molecule has 0 aliphatic heterocycles. The molecule has 0 spiro atoms. The van der Waals surface area contributed by atoms with Gasteiger partial charge in [-0.2, -0.15) is 0 Å². The van der Waals surface area contributed by atoms with Crippen molar-refractivity contribution in [1.29, 1.82) is 0 Å². The van der Waals surface area contributed by atoms with E-state index in [0.29, 0.717) is 22.6 Å². The number of rotatable bonds is 6. The lowest BCUT2D eigenvalue weighted by Gasteiger charge is -2.07. The summed E-state index contributed by atoms with van der Waals surface area (Å²) in [7, 11) is 1.76. The van der Waals surface area contributed by atoms with Crippen LogP contribution in [0.3, 0.4) is 0 Å². The predicted molar refractivity (Wildman–Crippen MR) is 137 cm³/mol. The number of nitrogens with one attached hydrogen (secondary N) is 2. The number of aromatic nitrogens is 2. The Morgan fingerprint density at radius 2 is 1.74 bits per heavy atom. The fourth-order valence-electron chi connectivity index (χ4n) is 3.53. The molecule has 34 heavy (non-hydrogen) atoms. The van der Waals surface area contributed by atoms with E-state index in [2.05, 4.69) is 10.6 Å². The molecule has 0 radical (unpaired) electrons. The highest BCUT2D eigenvalue weighted by molar-refractivity contribution is 7.11. The van der Waals surface area contributed by atoms with E-state index < -0.39 is 5.91 Å². The van der Waals surface area contributed by atoms with Crippen molar-refractivity contribution in [3.63, 3.8) is 0 Å². The molecular weight excluding hydrogens is 448 g/mol. The van der Waals surface area contributed by atoms with Crippen LogP contribution in [0.2, 0.25) is 0 Å². The Morgan fingerprint density at radius 3 is 2.44 bits per heavy atom. The molecule has 0 fully saturated rings. The second kappa shape index (κ2) is 9.76. The molecule has 2 aromatic carbocycles. The molecule has 0 unspecified atom stereocenters. The first-order chi connectivity index (χ1) is 16.3. The molecule has 0 aliphatic rings. The Morgan fingerprint density at radius 1 is 0.971 bits per heavy atom. The van der Waals surface area contributed by atoms with Crippen LogP contribution in [-0.2, 0) is 11.8 Å². The maximum atomic E-state index is 13.0. The fourth-order valence-corrected chi connectivity index (χ4v) is 4.35. The van der Waals surface area contributed by atoms with Gasteiger partial charge in [-0.05, 0) is 67.3 Å². The second-order valence-corrected chi connectivity index (χ2v) is 8.71. The molecule has 2 heterocycles. The number of nitrogens with zero attached hydrogens (tertiary/aromatic N) is 2. The maximum Gasteiger partial charge on any atom is 0.295 e. The average molecular weight is 473 g/mol. The molecule has 0 saturated heterocycles. The number of para-hydroxylation sites is 1. The summed E-state index contributed by atoms with van der Waals surface area (Å²) in [6.07, 6.45) is 3.23. The van der Waals surface area contributed by atoms with Crippen LogP contribution in [0.4, 0.5) is 11.4 Å². The lowest BCUT2D eigenvalue weighted by Crippen LogP contribution is -2.23. The first-order valence-corrected chi connectivity index (χ1v) is 11.5. The molecule has 2 amide bonds. The number of hydrogen-bond donors (Lipinski definition) is 2. The lowest BCUT2D eigenvalue weighted by atomic mass is 10.2. The van der Waals surface area contributed by atoms with Crippen molar-refractivity contribution in [2.45, 2.75) is 13.8 Å². The van der Waals surface area contributed by atoms with Crippen LogP contribution in [0.15, 0.2) is 76.9 Å². The van der Waals surface area contributed by atoms with Crippen LogP contribution >= 0.6 is 11.3 Å². The Balaban J connectivity index is 1.51. The number of hydrogen-bond acceptors (Lipinski definition) is 4. The van der Waals surface area contributed by atoms with Crippen LogP contribution in [0.1, 0.15) is 26.5 Å². The highest BCUT2D eigenvalue weighted by Crippen LogP contribution is 2.18. The normalized spacial score (nSPS) is 11.0. The molecule has 172 valence electrons. The Kier molecular flexibility index (Phi) is 6.60. The zero-order chi connectivity index (χ0) is 24.2. The number of anilines is 2. The zero-order valence-corrected chi connectivity index (χ0v) is 19.8. The molecule has 0 aliphatic carbocycles. The summed E-state index contributed by atoms with van der Waals surface area (Å²) in [5, 5.41) is 7.48. The monoisotopic (exact) mass is 472 g/mol. The van der Waals surface area contributed by atoms with Crippen LogP contribution in [-0.4, -0.2) is 21.2 Å². The van der Waals surface area contributed by atoms with E-state index in [1.165, 1.54) is 10.8 Å². The molecule has 2 aromatic heterocycles. The number of benzene rings is 2. The highest BCUT2D eigenvalue weighted by Gasteiger charge is 2.19. The van der Waals surface area contributed by atoms with Crippen LogP contribution in [0.25, 0.3) is 11.8 Å². The van der Waals surface area contributed by atoms with Gasteiger partial charge in [-0.15, -0.1) is 11.3 Å². The number of amides is 2. The third kappa shape index (κ3) is 4.77. The molecule has 0 bridgehead atoms. The Bertz CT molecular complexity index is 1440. The van der Waals surface area contributed by atoms with Gasteiger partial charge in [-0.3, -0.25) is 19.1 Å². The van der Waals surface area contributed by atoms with Gasteiger partial charge in [0, 0.05) is 29.3 Å². The van der Waals surface area contributed by atoms with Gasteiger partial charge in [0.05, 0.1) is 11.4 Å². The van der Waals surface area contributed by atoms with E-state index in [9.17, 15) is 14.4 Å². The average Bonchev–Trinajstić information content (AvgIpc) is 3.34. The molecule has 0 saturated carbocycles. The van der Waals surface area contributed by atoms with Gasteiger partial charge in [0.1, 0.15) is 5.69 Å². The van der Waals surface area contributed by atoms with E-state index in [1.807, 2.05) is 48.7 Å². The zero-order valence-electron chi connectivity index (χ0n) is 19.0. The summed E-state index contributed by atoms with van der Waals surface area (Å²) in [5.41, 5.74) is 3.13. The molecule has 7 nitrogen and oxygen atoms in total. The van der Waals surface area contributed by atoms with Gasteiger partial charge in [-0.25, -0.2) is 4.68 Å². The topological polar surface area (TPSA) is 85.1 Å². The van der Waals surface area contributed by atoms with Crippen molar-refractivity contribution >= 4 is 40.6 Å². The largest absolute Gasteiger partial charge is 0.322 e. The Labute approximate surface area is 201 Å². The number of carbonyl (C=O) groups excluding carboxylic acids is 2. The molecular formula is C26H24N4O3S. The minimum atomic E-state index is -0.438. The minimum Gasteiger partial charge on any atom is -0.322 e. The van der Waals surface area contributed by atoms with Crippen LogP contribution in [0.5, 0.6) is 0 Å². The van der Waals surface area contributed by atoms with E-state index in [1.54, 1.807) is 60.3 Å². The van der Waals surface area contributed by atoms with Crippen molar-refractivity contribution in [2.24, 2.45) is 7.05 Å². The van der Waals surface area contributed by atoms with Gasteiger partial charge in [0.2, 0.25) is 5.91 Å². The van der Waals surface area contributed by atoms with Crippen molar-refractivity contribution in [2.75, 3.05) is 10.6 Å². The van der Waals surface area contributed by atoms with Gasteiger partial charge in [0.15, 0.2) is 0 Å². The van der Waals surface area contributed by atoms with Crippen LogP contribution < -0.4 is 16.2 Å². The van der Waals surface area contributed by atoms with E-state index in [-0.39, 0.29) is 17.2 Å². The first kappa shape index (κ1) is 23.0. The van der Waals surface area contributed by atoms with Crippen molar-refractivity contribution in [1.82, 2.24) is 9.36 Å². The summed E-state index contributed by atoms with van der Waals surface area (Å²) in [4.78, 5) is 39.3. The van der Waals surface area contributed by atoms with Gasteiger partial charge >= 0.3 is 0 Å². The summed E-state index contributed by atoms with van der Waals surface area (Å²) < 4.78 is 3.20. The second-order valence-electron chi connectivity index (χ2n) is 7.76. The smallest absolute Gasteiger partial charge is 0.295 e. The van der Waals surface area contributed by atoms with Gasteiger partial charge < -0.3 is 10.6 Å². The molecule has 2 N–H and O–H groups in total. The number of aryl methyl sites for hydroxylation is 1. The highest BCUT2D eigenvalue weighted by atomic mass is 32.1. The van der Waals surface area contributed by atoms with Crippen molar-refractivity contribution in [3.05, 3.63) is 104 Å².